The van der Waals surface area contributed by atoms with Crippen molar-refractivity contribution in [2.75, 3.05) is 12.9 Å². The molecule has 0 unspecified atom stereocenters. The molecule has 0 radical (unpaired) electrons. The van der Waals surface area contributed by atoms with Crippen LogP contribution in [0.25, 0.3) is 0 Å². The maximum Gasteiger partial charge on any atom is 0.435 e. The molecule has 2 rings (SSSR count). The van der Waals surface area contributed by atoms with Crippen molar-refractivity contribution in [3.63, 3.8) is 0 Å². The summed E-state index contributed by atoms with van der Waals surface area (Å²) in [6.45, 7) is -0.372. The van der Waals surface area contributed by atoms with Crippen molar-refractivity contribution in [3.8, 4) is 0 Å². The summed E-state index contributed by atoms with van der Waals surface area (Å²) in [5.41, 5.74) is -2.19. The highest BCUT2D eigenvalue weighted by Gasteiger charge is 2.53. The minimum absolute atomic E-state index is 0.0289. The van der Waals surface area contributed by atoms with Crippen molar-refractivity contribution >= 4 is 16.0 Å². The molecule has 0 amide bonds. The fourth-order valence-corrected chi connectivity index (χ4v) is 3.59. The topological polar surface area (TPSA) is 101 Å². The molecule has 22 heavy (non-hydrogen) atoms. The smallest absolute Gasteiger partial charge is 0.435 e. The number of methoxy groups -OCH3 is 1. The number of aromatic nitrogens is 2. The molecule has 0 aromatic carbocycles. The average Bonchev–Trinajstić information content (AvgIpc) is 3.01. The molecule has 0 bridgehead atoms. The highest BCUT2D eigenvalue weighted by Crippen LogP contribution is 2.47. The van der Waals surface area contributed by atoms with Gasteiger partial charge in [-0.3, -0.25) is 9.89 Å². The quantitative estimate of drug-likeness (QED) is 0.746. The van der Waals surface area contributed by atoms with Crippen LogP contribution in [0.1, 0.15) is 24.2 Å². The first kappa shape index (κ1) is 16.7. The number of carbonyl (C=O) groups excluding carboxylic acids is 1. The van der Waals surface area contributed by atoms with Crippen molar-refractivity contribution in [2.45, 2.75) is 25.6 Å². The second kappa shape index (κ2) is 5.54. The van der Waals surface area contributed by atoms with Gasteiger partial charge in [0.15, 0.2) is 5.69 Å². The predicted octanol–water partition coefficient (Wildman–Crippen LogP) is 0.801. The first-order valence-electron chi connectivity index (χ1n) is 6.25. The van der Waals surface area contributed by atoms with Gasteiger partial charge in [-0.1, -0.05) is 0 Å². The van der Waals surface area contributed by atoms with Gasteiger partial charge in [-0.25, -0.2) is 13.1 Å². The molecular formula is C11H14F3N3O4S. The number of nitrogens with zero attached hydrogens (tertiary/aromatic N) is 1. The maximum absolute atomic E-state index is 12.4. The van der Waals surface area contributed by atoms with Crippen LogP contribution >= 0.6 is 0 Å². The SMILES string of the molecule is COC(=O)C1(CS(=O)(=O)NCc2cc(C(F)(F)F)n[nH]2)CC1. The molecule has 0 saturated heterocycles. The van der Waals surface area contributed by atoms with Crippen LogP contribution in [0.5, 0.6) is 0 Å². The zero-order chi connectivity index (χ0) is 16.6. The fourth-order valence-electron chi connectivity index (χ4n) is 1.97. The van der Waals surface area contributed by atoms with Crippen LogP contribution in [0.15, 0.2) is 6.07 Å². The number of hydrogen-bond acceptors (Lipinski definition) is 5. The number of nitrogens with one attached hydrogen (secondary N) is 2. The Morgan fingerprint density at radius 2 is 2.14 bits per heavy atom. The number of alkyl halides is 3. The zero-order valence-electron chi connectivity index (χ0n) is 11.5. The third kappa shape index (κ3) is 3.77. The minimum atomic E-state index is -4.60. The molecule has 0 atom stereocenters. The number of sulfonamides is 1. The van der Waals surface area contributed by atoms with Gasteiger partial charge in [0.2, 0.25) is 10.0 Å². The number of esters is 1. The van der Waals surface area contributed by atoms with Crippen LogP contribution in [0.4, 0.5) is 13.2 Å². The normalized spacial score (nSPS) is 17.3. The van der Waals surface area contributed by atoms with Gasteiger partial charge in [-0.05, 0) is 18.9 Å². The van der Waals surface area contributed by atoms with E-state index in [0.717, 1.165) is 6.07 Å². The van der Waals surface area contributed by atoms with E-state index >= 15 is 0 Å². The number of hydrogen-bond donors (Lipinski definition) is 2. The van der Waals surface area contributed by atoms with Crippen LogP contribution in [0, 0.1) is 5.41 Å². The van der Waals surface area contributed by atoms with E-state index in [1.165, 1.54) is 7.11 Å². The monoisotopic (exact) mass is 341 g/mol. The van der Waals surface area contributed by atoms with E-state index in [1.54, 1.807) is 0 Å². The Bertz CT molecular complexity index is 664. The number of halogens is 3. The first-order chi connectivity index (χ1) is 10.1. The summed E-state index contributed by atoms with van der Waals surface area (Å²) < 4.78 is 67.6. The number of H-pyrrole nitrogens is 1. The molecule has 1 aromatic rings. The molecule has 1 fully saturated rings. The van der Waals surface area contributed by atoms with Gasteiger partial charge < -0.3 is 4.74 Å². The number of rotatable bonds is 6. The summed E-state index contributed by atoms with van der Waals surface area (Å²) in [5, 5.41) is 5.17. The third-order valence-electron chi connectivity index (χ3n) is 3.34. The molecule has 7 nitrogen and oxygen atoms in total. The molecule has 1 aliphatic rings. The Morgan fingerprint density at radius 3 is 2.59 bits per heavy atom. The Morgan fingerprint density at radius 1 is 1.50 bits per heavy atom. The number of ether oxygens (including phenoxy) is 1. The average molecular weight is 341 g/mol. The lowest BCUT2D eigenvalue weighted by molar-refractivity contribution is -0.146. The van der Waals surface area contributed by atoms with Crippen LogP contribution in [-0.4, -0.2) is 37.4 Å². The number of carbonyl (C=O) groups is 1. The van der Waals surface area contributed by atoms with E-state index in [4.69, 9.17) is 0 Å². The third-order valence-corrected chi connectivity index (χ3v) is 4.86. The minimum Gasteiger partial charge on any atom is -0.469 e. The van der Waals surface area contributed by atoms with Gasteiger partial charge >= 0.3 is 12.1 Å². The van der Waals surface area contributed by atoms with Crippen LogP contribution in [0.2, 0.25) is 0 Å². The summed E-state index contributed by atoms with van der Waals surface area (Å²) in [6.07, 6.45) is -3.79. The van der Waals surface area contributed by atoms with Crippen molar-refractivity contribution in [1.82, 2.24) is 14.9 Å². The Hall–Kier alpha value is -1.62. The summed E-state index contributed by atoms with van der Waals surface area (Å²) in [6, 6.07) is 0.718. The van der Waals surface area contributed by atoms with Gasteiger partial charge in [0.1, 0.15) is 0 Å². The van der Waals surface area contributed by atoms with Crippen molar-refractivity contribution in [2.24, 2.45) is 5.41 Å². The molecular weight excluding hydrogens is 327 g/mol. The van der Waals surface area contributed by atoms with Crippen LogP contribution in [0.3, 0.4) is 0 Å². The van der Waals surface area contributed by atoms with Gasteiger partial charge in [0.25, 0.3) is 0 Å². The van der Waals surface area contributed by atoms with Crippen molar-refractivity contribution in [1.29, 1.82) is 0 Å². The fraction of sp³-hybridized carbons (Fsp3) is 0.636. The van der Waals surface area contributed by atoms with E-state index in [2.05, 4.69) is 19.7 Å². The molecule has 0 aliphatic heterocycles. The van der Waals surface area contributed by atoms with E-state index < -0.39 is 39.0 Å². The van der Waals surface area contributed by atoms with Gasteiger partial charge in [0, 0.05) is 0 Å². The molecule has 124 valence electrons. The van der Waals surface area contributed by atoms with Gasteiger partial charge in [-0.15, -0.1) is 0 Å². The second-order valence-electron chi connectivity index (χ2n) is 5.13. The van der Waals surface area contributed by atoms with Crippen LogP contribution < -0.4 is 4.72 Å². The highest BCUT2D eigenvalue weighted by atomic mass is 32.2. The van der Waals surface area contributed by atoms with E-state index in [-0.39, 0.29) is 12.2 Å². The van der Waals surface area contributed by atoms with E-state index in [0.29, 0.717) is 12.8 Å². The second-order valence-corrected chi connectivity index (χ2v) is 6.94. The first-order valence-corrected chi connectivity index (χ1v) is 7.90. The Kier molecular flexibility index (Phi) is 4.22. The van der Waals surface area contributed by atoms with Crippen molar-refractivity contribution < 1.29 is 31.1 Å². The maximum atomic E-state index is 12.4. The molecule has 2 N–H and O–H groups in total. The Labute approximate surface area is 124 Å². The molecule has 11 heteroatoms. The molecule has 1 heterocycles. The highest BCUT2D eigenvalue weighted by molar-refractivity contribution is 7.89. The summed E-state index contributed by atoms with van der Waals surface area (Å²) in [7, 11) is -2.66. The Balaban J connectivity index is 1.96. The lowest BCUT2D eigenvalue weighted by Crippen LogP contribution is -2.34. The summed E-state index contributed by atoms with van der Waals surface area (Å²) in [5.74, 6) is -1.05. The number of aromatic amines is 1. The summed E-state index contributed by atoms with van der Waals surface area (Å²) in [4.78, 5) is 11.5. The van der Waals surface area contributed by atoms with E-state index in [9.17, 15) is 26.4 Å². The predicted molar refractivity (Wildman–Crippen MR) is 67.9 cm³/mol. The van der Waals surface area contributed by atoms with Crippen LogP contribution in [-0.2, 0) is 32.3 Å². The standard InChI is InChI=1S/C11H14F3N3O4S/c1-21-9(18)10(2-3-10)6-22(19,20)15-5-7-4-8(17-16-7)11(12,13)14/h4,15H,2-3,5-6H2,1H3,(H,16,17). The summed E-state index contributed by atoms with van der Waals surface area (Å²) >= 11 is 0. The van der Waals surface area contributed by atoms with Gasteiger partial charge in [0.05, 0.1) is 30.5 Å². The van der Waals surface area contributed by atoms with Gasteiger partial charge in [-0.2, -0.15) is 18.3 Å². The molecule has 0 spiro atoms. The lowest BCUT2D eigenvalue weighted by Gasteiger charge is -2.13. The molecule has 1 saturated carbocycles. The lowest BCUT2D eigenvalue weighted by atomic mass is 10.1. The molecule has 1 aromatic heterocycles. The molecule has 1 aliphatic carbocycles. The van der Waals surface area contributed by atoms with E-state index in [1.807, 2.05) is 0 Å². The largest absolute Gasteiger partial charge is 0.469 e. The van der Waals surface area contributed by atoms with Crippen molar-refractivity contribution in [3.05, 3.63) is 17.5 Å². The zero-order valence-corrected chi connectivity index (χ0v) is 12.3.